The summed E-state index contributed by atoms with van der Waals surface area (Å²) in [5.41, 5.74) is 8.00. The number of rotatable bonds is 4. The Labute approximate surface area is 305 Å². The minimum Gasteiger partial charge on any atom is -0.309 e. The Morgan fingerprint density at radius 3 is 1.68 bits per heavy atom. The van der Waals surface area contributed by atoms with E-state index in [2.05, 4.69) is 114 Å². The number of imidazole rings is 1. The second kappa shape index (κ2) is 11.4. The molecule has 11 aromatic rings. The van der Waals surface area contributed by atoms with Crippen molar-refractivity contribution < 1.29 is 4.57 Å². The zero-order valence-electron chi connectivity index (χ0n) is 28.5. The zero-order valence-corrected chi connectivity index (χ0v) is 29.4. The van der Waals surface area contributed by atoms with Gasteiger partial charge < -0.3 is 4.57 Å². The molecular weight excluding hydrogens is 666 g/mol. The van der Waals surface area contributed by atoms with Crippen LogP contribution >= 0.6 is 7.14 Å². The van der Waals surface area contributed by atoms with Crippen LogP contribution in [-0.2, 0) is 4.57 Å². The third kappa shape index (κ3) is 4.34. The van der Waals surface area contributed by atoms with E-state index in [4.69, 9.17) is 9.97 Å². The van der Waals surface area contributed by atoms with E-state index >= 15 is 4.57 Å². The maximum Gasteiger partial charge on any atom is 0.172 e. The van der Waals surface area contributed by atoms with Crippen molar-refractivity contribution in [2.45, 2.75) is 0 Å². The quantitative estimate of drug-likeness (QED) is 0.105. The van der Waals surface area contributed by atoms with E-state index in [0.717, 1.165) is 98.0 Å². The van der Waals surface area contributed by atoms with Crippen LogP contribution in [0.2, 0.25) is 0 Å². The van der Waals surface area contributed by atoms with E-state index in [9.17, 15) is 0 Å². The lowest BCUT2D eigenvalue weighted by atomic mass is 9.91. The van der Waals surface area contributed by atoms with Crippen LogP contribution in [0.5, 0.6) is 0 Å². The van der Waals surface area contributed by atoms with Gasteiger partial charge in [-0.05, 0) is 63.0 Å². The predicted molar refractivity (Wildman–Crippen MR) is 223 cm³/mol. The van der Waals surface area contributed by atoms with Crippen LogP contribution in [0.1, 0.15) is 0 Å². The fourth-order valence-electron chi connectivity index (χ4n) is 8.45. The van der Waals surface area contributed by atoms with E-state index in [1.807, 2.05) is 72.8 Å². The number of nitrogens with zero attached hydrogens (tertiary/aromatic N) is 3. The minimum atomic E-state index is -3.34. The summed E-state index contributed by atoms with van der Waals surface area (Å²) in [6.07, 6.45) is 0. The van der Waals surface area contributed by atoms with Gasteiger partial charge in [-0.1, -0.05) is 152 Å². The third-order valence-corrected chi connectivity index (χ3v) is 13.9. The van der Waals surface area contributed by atoms with E-state index in [0.29, 0.717) is 0 Å². The van der Waals surface area contributed by atoms with Crippen molar-refractivity contribution in [2.75, 3.05) is 0 Å². The van der Waals surface area contributed by atoms with E-state index < -0.39 is 7.14 Å². The van der Waals surface area contributed by atoms with Crippen molar-refractivity contribution in [1.82, 2.24) is 14.4 Å². The molecule has 0 bridgehead atoms. The van der Waals surface area contributed by atoms with Gasteiger partial charge in [-0.3, -0.25) is 4.40 Å². The summed E-state index contributed by atoms with van der Waals surface area (Å²) in [6, 6.07) is 62.5. The fraction of sp³-hybridized carbons (Fsp3) is 0. The van der Waals surface area contributed by atoms with Crippen molar-refractivity contribution in [3.8, 4) is 11.1 Å². The Kier molecular flexibility index (Phi) is 6.49. The molecule has 0 unspecified atom stereocenters. The second-order valence-electron chi connectivity index (χ2n) is 13.7. The number of fused-ring (bicyclic) bond motifs is 11. The highest BCUT2D eigenvalue weighted by molar-refractivity contribution is 7.86. The van der Waals surface area contributed by atoms with Gasteiger partial charge in [0.15, 0.2) is 7.14 Å². The van der Waals surface area contributed by atoms with Gasteiger partial charge in [0, 0.05) is 32.1 Å². The maximum absolute atomic E-state index is 16.1. The van der Waals surface area contributed by atoms with Crippen LogP contribution in [0.15, 0.2) is 182 Å². The lowest BCUT2D eigenvalue weighted by molar-refractivity contribution is 0.593. The lowest BCUT2D eigenvalue weighted by Crippen LogP contribution is -2.26. The first-order chi connectivity index (χ1) is 26.2. The van der Waals surface area contributed by atoms with Crippen molar-refractivity contribution in [3.05, 3.63) is 182 Å². The van der Waals surface area contributed by atoms with Gasteiger partial charge in [0.1, 0.15) is 5.65 Å². The van der Waals surface area contributed by atoms with Gasteiger partial charge in [-0.15, -0.1) is 0 Å². The van der Waals surface area contributed by atoms with Crippen LogP contribution in [0.25, 0.3) is 82.1 Å². The highest BCUT2D eigenvalue weighted by Gasteiger charge is 2.34. The third-order valence-electron chi connectivity index (χ3n) is 10.8. The second-order valence-corrected chi connectivity index (χ2v) is 16.4. The topological polar surface area (TPSA) is 47.3 Å². The van der Waals surface area contributed by atoms with Gasteiger partial charge in [-0.2, -0.15) is 0 Å². The number of pyridine rings is 2. The SMILES string of the molecule is O=P(c1ccccc1)(c1ccccc1)c1c2ccccc2c(-c2ccc3c4nc5ccccc5cc4c4nc5ccccc5n4c3c2)c2ccccc12. The van der Waals surface area contributed by atoms with E-state index in [-0.39, 0.29) is 0 Å². The van der Waals surface area contributed by atoms with Gasteiger partial charge >= 0.3 is 0 Å². The molecule has 4 nitrogen and oxygen atoms in total. The lowest BCUT2D eigenvalue weighted by Gasteiger charge is -2.25. The molecule has 5 heteroatoms. The summed E-state index contributed by atoms with van der Waals surface area (Å²) >= 11 is 0. The molecule has 0 saturated carbocycles. The van der Waals surface area contributed by atoms with Crippen LogP contribution in [0.4, 0.5) is 0 Å². The largest absolute Gasteiger partial charge is 0.309 e. The van der Waals surface area contributed by atoms with Crippen LogP contribution in [0, 0.1) is 0 Å². The average molecular weight is 696 g/mol. The molecule has 0 amide bonds. The van der Waals surface area contributed by atoms with Gasteiger partial charge in [0.05, 0.1) is 27.6 Å². The molecule has 0 fully saturated rings. The molecule has 0 saturated heterocycles. The maximum atomic E-state index is 16.1. The molecule has 0 radical (unpaired) electrons. The molecule has 0 N–H and O–H groups in total. The first-order valence-corrected chi connectivity index (χ1v) is 19.6. The predicted octanol–water partition coefficient (Wildman–Crippen LogP) is 11.0. The van der Waals surface area contributed by atoms with Gasteiger partial charge in [0.2, 0.25) is 0 Å². The Bertz CT molecular complexity index is 3220. The van der Waals surface area contributed by atoms with Crippen molar-refractivity contribution >= 4 is 94.0 Å². The molecule has 0 aliphatic carbocycles. The number of benzene rings is 8. The number of hydrogen-bond donors (Lipinski definition) is 0. The summed E-state index contributed by atoms with van der Waals surface area (Å²) in [4.78, 5) is 10.4. The Morgan fingerprint density at radius 2 is 1.00 bits per heavy atom. The summed E-state index contributed by atoms with van der Waals surface area (Å²) in [5.74, 6) is 0. The first kappa shape index (κ1) is 30.1. The van der Waals surface area contributed by atoms with E-state index in [1.165, 1.54) is 0 Å². The molecule has 11 rings (SSSR count). The standard InChI is InChI=1S/C48H30N3OP/c52-53(33-16-3-1-4-17-33,34-18-5-2-6-19-34)47-37-22-10-8-20-35(37)45(36-21-9-11-23-38(36)47)32-27-28-39-44(30-32)51-43-26-14-13-25-42(43)50-48(51)40-29-31-15-7-12-24-41(31)49-46(39)40/h1-30H. The molecule has 248 valence electrons. The van der Waals surface area contributed by atoms with E-state index in [1.54, 1.807) is 0 Å². The molecule has 3 aromatic heterocycles. The monoisotopic (exact) mass is 695 g/mol. The molecule has 0 aliphatic heterocycles. The van der Waals surface area contributed by atoms with Crippen LogP contribution < -0.4 is 15.9 Å². The number of hydrogen-bond acceptors (Lipinski definition) is 3. The molecule has 3 heterocycles. The summed E-state index contributed by atoms with van der Waals surface area (Å²) in [7, 11) is -3.34. The van der Waals surface area contributed by atoms with Crippen molar-refractivity contribution in [1.29, 1.82) is 0 Å². The molecule has 0 spiro atoms. The Balaban J connectivity index is 1.28. The van der Waals surface area contributed by atoms with Crippen LogP contribution in [-0.4, -0.2) is 14.4 Å². The molecule has 53 heavy (non-hydrogen) atoms. The van der Waals surface area contributed by atoms with Crippen molar-refractivity contribution in [2.24, 2.45) is 0 Å². The molecule has 0 aliphatic rings. The average Bonchev–Trinajstić information content (AvgIpc) is 3.63. The normalized spacial score (nSPS) is 12.2. The molecular formula is C48H30N3OP. The summed E-state index contributed by atoms with van der Waals surface area (Å²) in [5, 5.41) is 9.79. The minimum absolute atomic E-state index is 0.821. The Morgan fingerprint density at radius 1 is 0.434 bits per heavy atom. The Hall–Kier alpha value is -6.61. The number of aromatic nitrogens is 3. The highest BCUT2D eigenvalue weighted by Crippen LogP contribution is 2.49. The van der Waals surface area contributed by atoms with Gasteiger partial charge in [0.25, 0.3) is 0 Å². The first-order valence-electron chi connectivity index (χ1n) is 17.9. The summed E-state index contributed by atoms with van der Waals surface area (Å²) < 4.78 is 18.4. The number of para-hydroxylation sites is 3. The van der Waals surface area contributed by atoms with Gasteiger partial charge in [-0.25, -0.2) is 9.97 Å². The van der Waals surface area contributed by atoms with Crippen LogP contribution in [0.3, 0.4) is 0 Å². The zero-order chi connectivity index (χ0) is 35.1. The molecule has 8 aromatic carbocycles. The summed E-state index contributed by atoms with van der Waals surface area (Å²) in [6.45, 7) is 0. The molecule has 0 atom stereocenters. The van der Waals surface area contributed by atoms with Crippen molar-refractivity contribution in [3.63, 3.8) is 0 Å². The smallest absolute Gasteiger partial charge is 0.172 e. The fourth-order valence-corrected chi connectivity index (χ4v) is 11.5. The highest BCUT2D eigenvalue weighted by atomic mass is 31.2.